The van der Waals surface area contributed by atoms with Gasteiger partial charge in [-0.3, -0.25) is 4.79 Å². The van der Waals surface area contributed by atoms with Crippen LogP contribution in [0.5, 0.6) is 5.75 Å². The van der Waals surface area contributed by atoms with Gasteiger partial charge in [-0.15, -0.1) is 0 Å². The monoisotopic (exact) mass is 410 g/mol. The van der Waals surface area contributed by atoms with Crippen LogP contribution in [0.3, 0.4) is 0 Å². The van der Waals surface area contributed by atoms with Gasteiger partial charge in [0.15, 0.2) is 15.8 Å². The topological polar surface area (TPSA) is 100 Å². The Balaban J connectivity index is 1.95. The van der Waals surface area contributed by atoms with Crippen LogP contribution in [0.4, 0.5) is 0 Å². The van der Waals surface area contributed by atoms with Crippen LogP contribution in [0, 0.1) is 0 Å². The van der Waals surface area contributed by atoms with Crippen molar-refractivity contribution in [2.24, 2.45) is 4.99 Å². The molecule has 0 radical (unpaired) electrons. The standard InChI is InChI=1S/C19H30N4O4S/c1-5-20-18(23-10-11-28(25,26)19(2,3)14-23)22-13-17(24)21-12-15-6-8-16(27-4)9-7-15/h6-9H,5,10-14H2,1-4H3,(H,20,22)(H,21,24). The molecule has 0 atom stereocenters. The number of nitrogens with one attached hydrogen (secondary N) is 2. The van der Waals surface area contributed by atoms with Crippen LogP contribution in [-0.4, -0.2) is 69.0 Å². The third-order valence-electron chi connectivity index (χ3n) is 4.70. The van der Waals surface area contributed by atoms with E-state index in [1.165, 1.54) is 0 Å². The van der Waals surface area contributed by atoms with E-state index in [0.717, 1.165) is 11.3 Å². The van der Waals surface area contributed by atoms with Crippen molar-refractivity contribution in [3.05, 3.63) is 29.8 Å². The number of methoxy groups -OCH3 is 1. The molecule has 0 spiro atoms. The molecular weight excluding hydrogens is 380 g/mol. The number of carbonyl (C=O) groups excluding carboxylic acids is 1. The molecule has 156 valence electrons. The first-order valence-corrected chi connectivity index (χ1v) is 11.0. The van der Waals surface area contributed by atoms with Crippen molar-refractivity contribution in [1.29, 1.82) is 0 Å². The lowest BCUT2D eigenvalue weighted by molar-refractivity contribution is -0.119. The Morgan fingerprint density at radius 2 is 1.93 bits per heavy atom. The van der Waals surface area contributed by atoms with Gasteiger partial charge in [-0.25, -0.2) is 13.4 Å². The van der Waals surface area contributed by atoms with Gasteiger partial charge in [0.25, 0.3) is 0 Å². The third-order valence-corrected chi connectivity index (χ3v) is 7.23. The van der Waals surface area contributed by atoms with Gasteiger partial charge < -0.3 is 20.3 Å². The summed E-state index contributed by atoms with van der Waals surface area (Å²) < 4.78 is 28.7. The summed E-state index contributed by atoms with van der Waals surface area (Å²) >= 11 is 0. The van der Waals surface area contributed by atoms with Crippen LogP contribution >= 0.6 is 0 Å². The first kappa shape index (κ1) is 22.0. The minimum Gasteiger partial charge on any atom is -0.497 e. The van der Waals surface area contributed by atoms with E-state index in [1.807, 2.05) is 36.1 Å². The number of ether oxygens (including phenoxy) is 1. The zero-order chi connectivity index (χ0) is 20.8. The minimum absolute atomic E-state index is 0.0256. The van der Waals surface area contributed by atoms with Crippen molar-refractivity contribution >= 4 is 21.7 Å². The van der Waals surface area contributed by atoms with Crippen LogP contribution < -0.4 is 15.4 Å². The molecule has 0 bridgehead atoms. The maximum absolute atomic E-state index is 12.2. The molecule has 1 saturated heterocycles. The predicted molar refractivity (Wildman–Crippen MR) is 110 cm³/mol. The Morgan fingerprint density at radius 1 is 1.25 bits per heavy atom. The van der Waals surface area contributed by atoms with E-state index in [4.69, 9.17) is 4.74 Å². The molecule has 1 aromatic rings. The van der Waals surface area contributed by atoms with E-state index in [0.29, 0.717) is 32.1 Å². The highest BCUT2D eigenvalue weighted by molar-refractivity contribution is 7.92. The van der Waals surface area contributed by atoms with Crippen LogP contribution in [0.1, 0.15) is 26.3 Å². The van der Waals surface area contributed by atoms with E-state index in [2.05, 4.69) is 15.6 Å². The van der Waals surface area contributed by atoms with Crippen LogP contribution in [0.15, 0.2) is 29.3 Å². The molecule has 0 aromatic heterocycles. The third kappa shape index (κ3) is 5.60. The summed E-state index contributed by atoms with van der Waals surface area (Å²) in [6, 6.07) is 7.47. The SMILES string of the molecule is CCNC(=NCC(=O)NCc1ccc(OC)cc1)N1CCS(=O)(=O)C(C)(C)C1. The summed E-state index contributed by atoms with van der Waals surface area (Å²) in [5, 5.41) is 5.98. The fourth-order valence-corrected chi connectivity index (χ4v) is 4.26. The molecule has 8 nitrogen and oxygen atoms in total. The number of hydrogen-bond donors (Lipinski definition) is 2. The molecule has 0 saturated carbocycles. The van der Waals surface area contributed by atoms with Crippen molar-refractivity contribution in [3.63, 3.8) is 0 Å². The minimum atomic E-state index is -3.13. The number of amides is 1. The number of nitrogens with zero attached hydrogens (tertiary/aromatic N) is 2. The van der Waals surface area contributed by atoms with Crippen LogP contribution in [0.25, 0.3) is 0 Å². The van der Waals surface area contributed by atoms with Crippen LogP contribution in [-0.2, 0) is 21.2 Å². The Morgan fingerprint density at radius 3 is 2.50 bits per heavy atom. The zero-order valence-electron chi connectivity index (χ0n) is 17.0. The van der Waals surface area contributed by atoms with Crippen molar-refractivity contribution in [1.82, 2.24) is 15.5 Å². The summed E-state index contributed by atoms with van der Waals surface area (Å²) in [7, 11) is -1.52. The fraction of sp³-hybridized carbons (Fsp3) is 0.579. The summed E-state index contributed by atoms with van der Waals surface area (Å²) in [6.07, 6.45) is 0. The molecule has 1 heterocycles. The first-order chi connectivity index (χ1) is 13.2. The second kappa shape index (κ2) is 9.27. The maximum atomic E-state index is 12.2. The Hall–Kier alpha value is -2.29. The van der Waals surface area contributed by atoms with Gasteiger partial charge in [-0.05, 0) is 38.5 Å². The smallest absolute Gasteiger partial charge is 0.242 e. The first-order valence-electron chi connectivity index (χ1n) is 9.33. The molecule has 0 aliphatic carbocycles. The van der Waals surface area contributed by atoms with E-state index >= 15 is 0 Å². The highest BCUT2D eigenvalue weighted by atomic mass is 32.2. The Kier molecular flexibility index (Phi) is 7.29. The van der Waals surface area contributed by atoms with Gasteiger partial charge in [0.1, 0.15) is 12.3 Å². The lowest BCUT2D eigenvalue weighted by Gasteiger charge is -2.39. The summed E-state index contributed by atoms with van der Waals surface area (Å²) in [5.41, 5.74) is 0.966. The second-order valence-corrected chi connectivity index (χ2v) is 10.0. The number of sulfone groups is 1. The summed E-state index contributed by atoms with van der Waals surface area (Å²) in [6.45, 7) is 7.10. The molecule has 1 aromatic carbocycles. The summed E-state index contributed by atoms with van der Waals surface area (Å²) in [4.78, 5) is 18.5. The number of aliphatic imine (C=N–C) groups is 1. The van der Waals surface area contributed by atoms with E-state index in [9.17, 15) is 13.2 Å². The van der Waals surface area contributed by atoms with Gasteiger partial charge in [-0.2, -0.15) is 0 Å². The lowest BCUT2D eigenvalue weighted by Crippen LogP contribution is -2.57. The fourth-order valence-electron chi connectivity index (χ4n) is 2.90. The van der Waals surface area contributed by atoms with Crippen molar-refractivity contribution < 1.29 is 17.9 Å². The van der Waals surface area contributed by atoms with E-state index < -0.39 is 14.6 Å². The molecule has 0 unspecified atom stereocenters. The predicted octanol–water partition coefficient (Wildman–Crippen LogP) is 0.786. The molecule has 2 rings (SSSR count). The molecule has 1 aliphatic heterocycles. The van der Waals surface area contributed by atoms with Gasteiger partial charge in [-0.1, -0.05) is 12.1 Å². The average molecular weight is 411 g/mol. The lowest BCUT2D eigenvalue weighted by atomic mass is 10.2. The molecule has 9 heteroatoms. The van der Waals surface area contributed by atoms with Gasteiger partial charge in [0.2, 0.25) is 5.91 Å². The maximum Gasteiger partial charge on any atom is 0.242 e. The van der Waals surface area contributed by atoms with Crippen molar-refractivity contribution in [3.8, 4) is 5.75 Å². The van der Waals surface area contributed by atoms with E-state index in [1.54, 1.807) is 21.0 Å². The zero-order valence-corrected chi connectivity index (χ0v) is 17.8. The molecule has 28 heavy (non-hydrogen) atoms. The quantitative estimate of drug-likeness (QED) is 0.531. The number of hydrogen-bond acceptors (Lipinski definition) is 5. The van der Waals surface area contributed by atoms with Gasteiger partial charge in [0.05, 0.1) is 17.6 Å². The van der Waals surface area contributed by atoms with E-state index in [-0.39, 0.29) is 18.2 Å². The number of guanidine groups is 1. The Labute approximate surface area is 167 Å². The Bertz CT molecular complexity index is 804. The molecule has 2 N–H and O–H groups in total. The number of rotatable bonds is 6. The van der Waals surface area contributed by atoms with Gasteiger partial charge >= 0.3 is 0 Å². The number of carbonyl (C=O) groups is 1. The normalized spacial score (nSPS) is 18.4. The molecular formula is C19H30N4O4S. The molecule has 1 fully saturated rings. The molecule has 1 aliphatic rings. The highest BCUT2D eigenvalue weighted by Crippen LogP contribution is 2.23. The van der Waals surface area contributed by atoms with Crippen molar-refractivity contribution in [2.75, 3.05) is 39.0 Å². The van der Waals surface area contributed by atoms with Gasteiger partial charge in [0, 0.05) is 26.2 Å². The second-order valence-electron chi connectivity index (χ2n) is 7.30. The largest absolute Gasteiger partial charge is 0.497 e. The van der Waals surface area contributed by atoms with Crippen molar-refractivity contribution in [2.45, 2.75) is 32.1 Å². The summed E-state index contributed by atoms with van der Waals surface area (Å²) in [5.74, 6) is 1.20. The average Bonchev–Trinajstić information content (AvgIpc) is 2.66. The number of benzene rings is 1. The van der Waals surface area contributed by atoms with Crippen LogP contribution in [0.2, 0.25) is 0 Å². The molecule has 1 amide bonds. The highest BCUT2D eigenvalue weighted by Gasteiger charge is 2.40.